The fourth-order valence-electron chi connectivity index (χ4n) is 1.82. The molecular weight excluding hydrogens is 264 g/mol. The van der Waals surface area contributed by atoms with Crippen molar-refractivity contribution in [3.63, 3.8) is 0 Å². The van der Waals surface area contributed by atoms with Gasteiger partial charge >= 0.3 is 6.09 Å². The molecule has 1 atom stereocenters. The van der Waals surface area contributed by atoms with Crippen molar-refractivity contribution in [3.8, 4) is 0 Å². The molecule has 8 nitrogen and oxygen atoms in total. The number of H-pyrrole nitrogens is 1. The van der Waals surface area contributed by atoms with Gasteiger partial charge in [-0.1, -0.05) is 0 Å². The Balaban J connectivity index is 1.99. The number of aromatic nitrogens is 3. The summed E-state index contributed by atoms with van der Waals surface area (Å²) in [5.41, 5.74) is -0.528. The van der Waals surface area contributed by atoms with Crippen molar-refractivity contribution in [1.29, 1.82) is 0 Å². The van der Waals surface area contributed by atoms with Crippen LogP contribution in [-0.4, -0.2) is 56.6 Å². The second-order valence-electron chi connectivity index (χ2n) is 5.58. The largest absolute Gasteiger partial charge is 0.444 e. The maximum Gasteiger partial charge on any atom is 0.410 e. The van der Waals surface area contributed by atoms with Crippen molar-refractivity contribution in [1.82, 2.24) is 20.1 Å². The molecule has 0 aliphatic carbocycles. The normalized spacial score (nSPS) is 20.0. The van der Waals surface area contributed by atoms with Gasteiger partial charge in [-0.15, -0.1) is 0 Å². The highest BCUT2D eigenvalue weighted by molar-refractivity contribution is 5.68. The lowest BCUT2D eigenvalue weighted by Gasteiger charge is -2.33. The Bertz CT molecular complexity index is 468. The SMILES string of the molecule is CC(C)(C)OC(=O)N1CCOC(c2n[nH]c(CO)n2)C1. The third-order valence-electron chi connectivity index (χ3n) is 2.70. The van der Waals surface area contributed by atoms with Crippen LogP contribution in [0.25, 0.3) is 0 Å². The van der Waals surface area contributed by atoms with Crippen LogP contribution in [-0.2, 0) is 16.1 Å². The lowest BCUT2D eigenvalue weighted by atomic mass is 10.2. The predicted octanol–water partition coefficient (Wildman–Crippen LogP) is 0.605. The van der Waals surface area contributed by atoms with Crippen molar-refractivity contribution < 1.29 is 19.4 Å². The van der Waals surface area contributed by atoms with Gasteiger partial charge in [-0.05, 0) is 20.8 Å². The average molecular weight is 284 g/mol. The van der Waals surface area contributed by atoms with Gasteiger partial charge in [-0.2, -0.15) is 5.10 Å². The van der Waals surface area contributed by atoms with Crippen molar-refractivity contribution in [3.05, 3.63) is 11.6 Å². The van der Waals surface area contributed by atoms with Crippen LogP contribution in [0.4, 0.5) is 4.79 Å². The Hall–Kier alpha value is -1.67. The number of hydrogen-bond acceptors (Lipinski definition) is 6. The van der Waals surface area contributed by atoms with Crippen LogP contribution in [0.1, 0.15) is 38.5 Å². The molecule has 0 aromatic carbocycles. The average Bonchev–Trinajstić information content (AvgIpc) is 2.85. The molecule has 1 fully saturated rings. The van der Waals surface area contributed by atoms with Crippen LogP contribution in [0.3, 0.4) is 0 Å². The molecule has 1 saturated heterocycles. The summed E-state index contributed by atoms with van der Waals surface area (Å²) in [6.45, 7) is 6.46. The summed E-state index contributed by atoms with van der Waals surface area (Å²) >= 11 is 0. The van der Waals surface area contributed by atoms with E-state index in [9.17, 15) is 4.79 Å². The number of amides is 1. The van der Waals surface area contributed by atoms with E-state index in [1.54, 1.807) is 4.90 Å². The van der Waals surface area contributed by atoms with Gasteiger partial charge in [0.15, 0.2) is 5.82 Å². The number of morpholine rings is 1. The zero-order valence-corrected chi connectivity index (χ0v) is 11.9. The number of aromatic amines is 1. The predicted molar refractivity (Wildman–Crippen MR) is 68.8 cm³/mol. The van der Waals surface area contributed by atoms with E-state index in [-0.39, 0.29) is 12.7 Å². The summed E-state index contributed by atoms with van der Waals surface area (Å²) < 4.78 is 10.9. The number of aliphatic hydroxyl groups is 1. The van der Waals surface area contributed by atoms with Crippen molar-refractivity contribution >= 4 is 6.09 Å². The van der Waals surface area contributed by atoms with E-state index >= 15 is 0 Å². The third-order valence-corrected chi connectivity index (χ3v) is 2.70. The van der Waals surface area contributed by atoms with E-state index < -0.39 is 11.7 Å². The van der Waals surface area contributed by atoms with Crippen LogP contribution >= 0.6 is 0 Å². The van der Waals surface area contributed by atoms with Gasteiger partial charge < -0.3 is 19.5 Å². The van der Waals surface area contributed by atoms with E-state index in [1.165, 1.54) is 0 Å². The highest BCUT2D eigenvalue weighted by atomic mass is 16.6. The summed E-state index contributed by atoms with van der Waals surface area (Å²) in [6.07, 6.45) is -0.781. The second kappa shape index (κ2) is 5.76. The molecule has 20 heavy (non-hydrogen) atoms. The monoisotopic (exact) mass is 284 g/mol. The molecule has 1 unspecified atom stereocenters. The molecule has 1 amide bonds. The van der Waals surface area contributed by atoms with Crippen LogP contribution in [0.2, 0.25) is 0 Å². The molecule has 2 N–H and O–H groups in total. The Labute approximate surface area is 117 Å². The lowest BCUT2D eigenvalue weighted by molar-refractivity contribution is -0.0461. The molecule has 2 rings (SSSR count). The molecule has 1 aromatic rings. The maximum atomic E-state index is 12.0. The number of carbonyl (C=O) groups excluding carboxylic acids is 1. The summed E-state index contributed by atoms with van der Waals surface area (Å²) in [5.74, 6) is 0.806. The van der Waals surface area contributed by atoms with Gasteiger partial charge in [0.2, 0.25) is 0 Å². The minimum absolute atomic E-state index is 0.213. The maximum absolute atomic E-state index is 12.0. The molecule has 112 valence electrons. The van der Waals surface area contributed by atoms with Gasteiger partial charge in [-0.25, -0.2) is 9.78 Å². The fraction of sp³-hybridized carbons (Fsp3) is 0.750. The fourth-order valence-corrected chi connectivity index (χ4v) is 1.82. The molecule has 0 radical (unpaired) electrons. The summed E-state index contributed by atoms with van der Waals surface area (Å²) in [6, 6.07) is 0. The zero-order chi connectivity index (χ0) is 14.8. The lowest BCUT2D eigenvalue weighted by Crippen LogP contribution is -2.44. The van der Waals surface area contributed by atoms with E-state index in [0.717, 1.165) is 0 Å². The Morgan fingerprint density at radius 1 is 1.60 bits per heavy atom. The Morgan fingerprint density at radius 2 is 2.35 bits per heavy atom. The number of carbonyl (C=O) groups is 1. The van der Waals surface area contributed by atoms with Crippen molar-refractivity contribution in [2.45, 2.75) is 39.1 Å². The Kier molecular flexibility index (Phi) is 4.24. The van der Waals surface area contributed by atoms with Crippen LogP contribution in [0, 0.1) is 0 Å². The third kappa shape index (κ3) is 3.67. The summed E-state index contributed by atoms with van der Waals surface area (Å²) in [5, 5.41) is 15.5. The van der Waals surface area contributed by atoms with Crippen molar-refractivity contribution in [2.75, 3.05) is 19.7 Å². The number of nitrogens with zero attached hydrogens (tertiary/aromatic N) is 3. The molecule has 0 bridgehead atoms. The standard InChI is InChI=1S/C12H20N4O4/c1-12(2,3)20-11(18)16-4-5-19-8(6-16)10-13-9(7-17)14-15-10/h8,17H,4-7H2,1-3H3,(H,13,14,15). The van der Waals surface area contributed by atoms with E-state index in [2.05, 4.69) is 15.2 Å². The number of ether oxygens (including phenoxy) is 2. The highest BCUT2D eigenvalue weighted by Crippen LogP contribution is 2.21. The van der Waals surface area contributed by atoms with Crippen LogP contribution in [0.5, 0.6) is 0 Å². The molecule has 0 saturated carbocycles. The first-order valence-electron chi connectivity index (χ1n) is 6.50. The molecule has 1 aromatic heterocycles. The van der Waals surface area contributed by atoms with Gasteiger partial charge in [0.05, 0.1) is 13.2 Å². The second-order valence-corrected chi connectivity index (χ2v) is 5.58. The number of aliphatic hydroxyl groups excluding tert-OH is 1. The smallest absolute Gasteiger partial charge is 0.410 e. The molecule has 2 heterocycles. The molecule has 0 spiro atoms. The summed E-state index contributed by atoms with van der Waals surface area (Å²) in [4.78, 5) is 17.7. The molecule has 1 aliphatic heterocycles. The minimum Gasteiger partial charge on any atom is -0.444 e. The number of rotatable bonds is 2. The van der Waals surface area contributed by atoms with Crippen LogP contribution in [0.15, 0.2) is 0 Å². The van der Waals surface area contributed by atoms with Gasteiger partial charge in [-0.3, -0.25) is 5.10 Å². The highest BCUT2D eigenvalue weighted by Gasteiger charge is 2.30. The van der Waals surface area contributed by atoms with Gasteiger partial charge in [0.25, 0.3) is 0 Å². The van der Waals surface area contributed by atoms with Crippen molar-refractivity contribution in [2.24, 2.45) is 0 Å². The van der Waals surface area contributed by atoms with Gasteiger partial charge in [0, 0.05) is 6.54 Å². The first-order valence-corrected chi connectivity index (χ1v) is 6.50. The number of nitrogens with one attached hydrogen (secondary N) is 1. The summed E-state index contributed by atoms with van der Waals surface area (Å²) in [7, 11) is 0. The van der Waals surface area contributed by atoms with E-state index in [1.807, 2.05) is 20.8 Å². The van der Waals surface area contributed by atoms with E-state index in [0.29, 0.717) is 31.3 Å². The van der Waals surface area contributed by atoms with E-state index in [4.69, 9.17) is 14.6 Å². The van der Waals surface area contributed by atoms with Gasteiger partial charge in [0.1, 0.15) is 24.1 Å². The quantitative estimate of drug-likeness (QED) is 0.825. The topological polar surface area (TPSA) is 101 Å². The van der Waals surface area contributed by atoms with Crippen LogP contribution < -0.4 is 0 Å². The first kappa shape index (κ1) is 14.7. The molecule has 8 heteroatoms. The minimum atomic E-state index is -0.528. The number of hydrogen-bond donors (Lipinski definition) is 2. The molecule has 1 aliphatic rings. The molecular formula is C12H20N4O4. The zero-order valence-electron chi connectivity index (χ0n) is 11.9. The first-order chi connectivity index (χ1) is 9.39. The Morgan fingerprint density at radius 3 is 2.95 bits per heavy atom.